The summed E-state index contributed by atoms with van der Waals surface area (Å²) in [7, 11) is 0. The van der Waals surface area contributed by atoms with Crippen LogP contribution in [0.5, 0.6) is 5.75 Å². The Bertz CT molecular complexity index is 869. The van der Waals surface area contributed by atoms with Crippen LogP contribution in [-0.4, -0.2) is 23.8 Å². The number of hydrogen-bond donors (Lipinski definition) is 2. The van der Waals surface area contributed by atoms with Gasteiger partial charge in [-0.3, -0.25) is 4.79 Å². The van der Waals surface area contributed by atoms with Gasteiger partial charge in [-0.05, 0) is 54.7 Å². The van der Waals surface area contributed by atoms with E-state index in [0.717, 1.165) is 31.4 Å². The third-order valence-electron chi connectivity index (χ3n) is 4.69. The summed E-state index contributed by atoms with van der Waals surface area (Å²) >= 11 is 5.41. The van der Waals surface area contributed by atoms with Crippen LogP contribution in [0.4, 0.5) is 13.2 Å². The third-order valence-corrected chi connectivity index (χ3v) is 5.01. The standard InChI is InChI=1S/C21H21F3N2O2S/c22-21(23,24)28-16-10-8-15(9-11-16)20(27)25-13-12-19(29)26-18-7-3-5-14-4-1-2-6-17(14)18/h1-2,4,6,8-11,18H,3,5,7,12-13H2,(H,25,27)(H,26,29). The first-order valence-corrected chi connectivity index (χ1v) is 9.74. The van der Waals surface area contributed by atoms with E-state index in [1.54, 1.807) is 0 Å². The van der Waals surface area contributed by atoms with Gasteiger partial charge in [0.15, 0.2) is 0 Å². The first-order chi connectivity index (χ1) is 13.8. The van der Waals surface area contributed by atoms with E-state index in [0.29, 0.717) is 18.0 Å². The molecule has 1 amide bonds. The van der Waals surface area contributed by atoms with Crippen LogP contribution in [0.1, 0.15) is 46.8 Å². The Morgan fingerprint density at radius 1 is 1.14 bits per heavy atom. The predicted octanol–water partition coefficient (Wildman–Crippen LogP) is 4.70. The molecule has 0 aliphatic heterocycles. The number of nitrogens with one attached hydrogen (secondary N) is 2. The van der Waals surface area contributed by atoms with Gasteiger partial charge in [-0.25, -0.2) is 0 Å². The van der Waals surface area contributed by atoms with Crippen molar-refractivity contribution in [3.8, 4) is 5.75 Å². The number of hydrogen-bond acceptors (Lipinski definition) is 3. The molecule has 8 heteroatoms. The summed E-state index contributed by atoms with van der Waals surface area (Å²) in [4.78, 5) is 12.8. The van der Waals surface area contributed by atoms with Crippen molar-refractivity contribution < 1.29 is 22.7 Å². The highest BCUT2D eigenvalue weighted by Gasteiger charge is 2.31. The van der Waals surface area contributed by atoms with Gasteiger partial charge in [0.05, 0.1) is 11.0 Å². The lowest BCUT2D eigenvalue weighted by Gasteiger charge is -2.27. The molecule has 4 nitrogen and oxygen atoms in total. The van der Waals surface area contributed by atoms with Crippen molar-refractivity contribution in [2.24, 2.45) is 0 Å². The van der Waals surface area contributed by atoms with Crippen molar-refractivity contribution in [2.45, 2.75) is 38.1 Å². The zero-order chi connectivity index (χ0) is 20.9. The number of alkyl halides is 3. The van der Waals surface area contributed by atoms with Gasteiger partial charge >= 0.3 is 6.36 Å². The smallest absolute Gasteiger partial charge is 0.406 e. The molecular weight excluding hydrogens is 401 g/mol. The molecule has 1 aliphatic rings. The number of thiocarbonyl (C=S) groups is 1. The van der Waals surface area contributed by atoms with Gasteiger partial charge in [0.1, 0.15) is 5.75 Å². The fourth-order valence-electron chi connectivity index (χ4n) is 3.37. The van der Waals surface area contributed by atoms with Gasteiger partial charge in [-0.1, -0.05) is 36.5 Å². The Kier molecular flexibility index (Phi) is 6.74. The van der Waals surface area contributed by atoms with Crippen LogP contribution in [-0.2, 0) is 6.42 Å². The number of benzene rings is 2. The molecular formula is C21H21F3N2O2S. The number of carbonyl (C=O) groups is 1. The molecule has 0 bridgehead atoms. The van der Waals surface area contributed by atoms with Crippen LogP contribution in [0, 0.1) is 0 Å². The molecule has 1 aliphatic carbocycles. The SMILES string of the molecule is O=C(NCCC(=S)NC1CCCc2ccccc21)c1ccc(OC(F)(F)F)cc1. The molecule has 0 heterocycles. The number of aryl methyl sites for hydroxylation is 1. The van der Waals surface area contributed by atoms with Crippen LogP contribution in [0.25, 0.3) is 0 Å². The quantitative estimate of drug-likeness (QED) is 0.663. The zero-order valence-corrected chi connectivity index (χ0v) is 16.4. The van der Waals surface area contributed by atoms with Crippen molar-refractivity contribution >= 4 is 23.1 Å². The van der Waals surface area contributed by atoms with Crippen molar-refractivity contribution in [1.29, 1.82) is 0 Å². The maximum absolute atomic E-state index is 12.2. The highest BCUT2D eigenvalue weighted by Crippen LogP contribution is 2.29. The Morgan fingerprint density at radius 3 is 2.59 bits per heavy atom. The highest BCUT2D eigenvalue weighted by molar-refractivity contribution is 7.80. The van der Waals surface area contributed by atoms with E-state index < -0.39 is 6.36 Å². The van der Waals surface area contributed by atoms with Gasteiger partial charge in [0.25, 0.3) is 5.91 Å². The summed E-state index contributed by atoms with van der Waals surface area (Å²) < 4.78 is 40.3. The van der Waals surface area contributed by atoms with E-state index in [1.807, 2.05) is 12.1 Å². The molecule has 1 atom stereocenters. The molecule has 0 saturated carbocycles. The molecule has 2 N–H and O–H groups in total. The van der Waals surface area contributed by atoms with Crippen LogP contribution < -0.4 is 15.4 Å². The van der Waals surface area contributed by atoms with Crippen molar-refractivity contribution in [2.75, 3.05) is 6.54 Å². The van der Waals surface area contributed by atoms with Crippen LogP contribution in [0.15, 0.2) is 48.5 Å². The minimum Gasteiger partial charge on any atom is -0.406 e. The number of halogens is 3. The molecule has 2 aromatic rings. The Labute approximate surface area is 172 Å². The average molecular weight is 422 g/mol. The maximum Gasteiger partial charge on any atom is 0.573 e. The molecule has 29 heavy (non-hydrogen) atoms. The summed E-state index contributed by atoms with van der Waals surface area (Å²) in [6.45, 7) is 0.333. The second-order valence-corrected chi connectivity index (χ2v) is 7.28. The molecule has 0 radical (unpaired) electrons. The maximum atomic E-state index is 12.2. The number of amides is 1. The number of ether oxygens (including phenoxy) is 1. The monoisotopic (exact) mass is 422 g/mol. The summed E-state index contributed by atoms with van der Waals surface area (Å²) in [6, 6.07) is 13.3. The van der Waals surface area contributed by atoms with Crippen LogP contribution in [0.2, 0.25) is 0 Å². The fraction of sp³-hybridized carbons (Fsp3) is 0.333. The van der Waals surface area contributed by atoms with Gasteiger partial charge in [0.2, 0.25) is 0 Å². The predicted molar refractivity (Wildman–Crippen MR) is 108 cm³/mol. The first kappa shape index (κ1) is 21.1. The van der Waals surface area contributed by atoms with E-state index >= 15 is 0 Å². The molecule has 2 aromatic carbocycles. The Balaban J connectivity index is 1.45. The minimum absolute atomic E-state index is 0.185. The van der Waals surface area contributed by atoms with E-state index in [4.69, 9.17) is 12.2 Å². The van der Waals surface area contributed by atoms with E-state index in [-0.39, 0.29) is 23.3 Å². The van der Waals surface area contributed by atoms with Gasteiger partial charge in [0, 0.05) is 18.5 Å². The van der Waals surface area contributed by atoms with E-state index in [1.165, 1.54) is 23.3 Å². The second-order valence-electron chi connectivity index (χ2n) is 6.79. The normalized spacial score (nSPS) is 15.9. The van der Waals surface area contributed by atoms with Crippen LogP contribution >= 0.6 is 12.2 Å². The lowest BCUT2D eigenvalue weighted by atomic mass is 9.88. The molecule has 3 rings (SSSR count). The molecule has 0 spiro atoms. The van der Waals surface area contributed by atoms with E-state index in [2.05, 4.69) is 27.5 Å². The van der Waals surface area contributed by atoms with Crippen molar-refractivity contribution in [3.05, 3.63) is 65.2 Å². The molecule has 1 unspecified atom stereocenters. The van der Waals surface area contributed by atoms with Gasteiger partial charge in [-0.2, -0.15) is 0 Å². The van der Waals surface area contributed by atoms with Crippen LogP contribution in [0.3, 0.4) is 0 Å². The molecule has 154 valence electrons. The average Bonchev–Trinajstić information content (AvgIpc) is 2.67. The Hall–Kier alpha value is -2.61. The zero-order valence-electron chi connectivity index (χ0n) is 15.6. The van der Waals surface area contributed by atoms with Crippen molar-refractivity contribution in [3.63, 3.8) is 0 Å². The topological polar surface area (TPSA) is 50.4 Å². The molecule has 0 aromatic heterocycles. The first-order valence-electron chi connectivity index (χ1n) is 9.33. The number of rotatable bonds is 6. The fourth-order valence-corrected chi connectivity index (χ4v) is 3.61. The van der Waals surface area contributed by atoms with Crippen molar-refractivity contribution in [1.82, 2.24) is 10.6 Å². The summed E-state index contributed by atoms with van der Waals surface area (Å²) in [5.74, 6) is -0.749. The lowest BCUT2D eigenvalue weighted by molar-refractivity contribution is -0.274. The van der Waals surface area contributed by atoms with Gasteiger partial charge in [-0.15, -0.1) is 13.2 Å². The summed E-state index contributed by atoms with van der Waals surface area (Å²) in [5.41, 5.74) is 2.86. The molecule has 0 saturated heterocycles. The third kappa shape index (κ3) is 6.19. The van der Waals surface area contributed by atoms with E-state index in [9.17, 15) is 18.0 Å². The largest absolute Gasteiger partial charge is 0.573 e. The lowest BCUT2D eigenvalue weighted by Crippen LogP contribution is -2.33. The highest BCUT2D eigenvalue weighted by atomic mass is 32.1. The molecule has 0 fully saturated rings. The number of fused-ring (bicyclic) bond motifs is 1. The van der Waals surface area contributed by atoms with Gasteiger partial charge < -0.3 is 15.4 Å². The second kappa shape index (κ2) is 9.26. The summed E-state index contributed by atoms with van der Waals surface area (Å²) in [6.07, 6.45) is -1.10. The summed E-state index contributed by atoms with van der Waals surface area (Å²) in [5, 5.41) is 6.10. The number of carbonyl (C=O) groups excluding carboxylic acids is 1. The minimum atomic E-state index is -4.76. The Morgan fingerprint density at radius 2 is 1.86 bits per heavy atom.